The number of benzene rings is 1. The third-order valence-corrected chi connectivity index (χ3v) is 2.58. The van der Waals surface area contributed by atoms with E-state index in [9.17, 15) is 9.18 Å². The Balaban J connectivity index is 3.04. The molecule has 0 aliphatic rings. The third-order valence-electron chi connectivity index (χ3n) is 2.58. The number of hydrogen-bond acceptors (Lipinski definition) is 4. The van der Waals surface area contributed by atoms with E-state index in [0.717, 1.165) is 0 Å². The average Bonchev–Trinajstić information content (AvgIpc) is 2.41. The molecule has 1 aromatic carbocycles. The summed E-state index contributed by atoms with van der Waals surface area (Å²) in [5.41, 5.74) is 0.883. The number of ether oxygens (including phenoxy) is 3. The van der Waals surface area contributed by atoms with Gasteiger partial charge < -0.3 is 14.2 Å². The summed E-state index contributed by atoms with van der Waals surface area (Å²) in [6, 6.07) is 6.20. The van der Waals surface area contributed by atoms with Gasteiger partial charge in [0.2, 0.25) is 5.79 Å². The van der Waals surface area contributed by atoms with Gasteiger partial charge in [-0.2, -0.15) is 0 Å². The number of halogens is 1. The first-order valence-electron chi connectivity index (χ1n) is 4.98. The first kappa shape index (κ1) is 13.6. The van der Waals surface area contributed by atoms with Gasteiger partial charge in [0.25, 0.3) is 0 Å². The number of hydrogen-bond donors (Lipinski definition) is 0. The molecular weight excluding hydrogens is 227 g/mol. The molecule has 1 aromatic rings. The molecule has 0 aliphatic heterocycles. The van der Waals surface area contributed by atoms with Gasteiger partial charge in [0.1, 0.15) is 6.67 Å². The van der Waals surface area contributed by atoms with Crippen LogP contribution in [0, 0.1) is 0 Å². The Morgan fingerprint density at radius 3 is 2.06 bits per heavy atom. The van der Waals surface area contributed by atoms with Crippen molar-refractivity contribution >= 4 is 5.97 Å². The number of carbonyl (C=O) groups is 1. The first-order chi connectivity index (χ1) is 8.13. The Morgan fingerprint density at radius 1 is 1.18 bits per heavy atom. The summed E-state index contributed by atoms with van der Waals surface area (Å²) in [6.45, 7) is -0.822. The Morgan fingerprint density at radius 2 is 1.71 bits per heavy atom. The van der Waals surface area contributed by atoms with Gasteiger partial charge in [-0.05, 0) is 12.1 Å². The highest BCUT2D eigenvalue weighted by atomic mass is 19.1. The van der Waals surface area contributed by atoms with Crippen molar-refractivity contribution in [2.24, 2.45) is 0 Å². The van der Waals surface area contributed by atoms with E-state index < -0.39 is 18.4 Å². The normalized spacial score (nSPS) is 11.3. The Hall–Kier alpha value is -1.46. The molecule has 17 heavy (non-hydrogen) atoms. The molecule has 5 heteroatoms. The van der Waals surface area contributed by atoms with Gasteiger partial charge in [-0.15, -0.1) is 0 Å². The SMILES string of the molecule is COC(=O)c1ccc(C(CF)(OC)OC)cc1. The van der Waals surface area contributed by atoms with E-state index in [4.69, 9.17) is 9.47 Å². The molecule has 0 saturated carbocycles. The molecule has 0 N–H and O–H groups in total. The second-order valence-corrected chi connectivity index (χ2v) is 3.36. The second kappa shape index (κ2) is 5.75. The molecule has 0 unspecified atom stereocenters. The highest BCUT2D eigenvalue weighted by Crippen LogP contribution is 2.26. The predicted molar refractivity (Wildman–Crippen MR) is 59.5 cm³/mol. The van der Waals surface area contributed by atoms with E-state index in [0.29, 0.717) is 11.1 Å². The number of alkyl halides is 1. The highest BCUT2D eigenvalue weighted by Gasteiger charge is 2.32. The van der Waals surface area contributed by atoms with Crippen molar-refractivity contribution in [3.63, 3.8) is 0 Å². The zero-order valence-electron chi connectivity index (χ0n) is 10.0. The minimum absolute atomic E-state index is 0.385. The van der Waals surface area contributed by atoms with Crippen LogP contribution in [0.4, 0.5) is 4.39 Å². The largest absolute Gasteiger partial charge is 0.465 e. The lowest BCUT2D eigenvalue weighted by molar-refractivity contribution is -0.224. The van der Waals surface area contributed by atoms with Gasteiger partial charge in [0.15, 0.2) is 0 Å². The van der Waals surface area contributed by atoms with Crippen LogP contribution in [-0.2, 0) is 20.0 Å². The molecule has 1 rings (SSSR count). The molecule has 0 atom stereocenters. The van der Waals surface area contributed by atoms with E-state index in [1.54, 1.807) is 12.1 Å². The van der Waals surface area contributed by atoms with Crippen LogP contribution in [0.2, 0.25) is 0 Å². The van der Waals surface area contributed by atoms with E-state index >= 15 is 0 Å². The topological polar surface area (TPSA) is 44.8 Å². The molecule has 0 bridgehead atoms. The maximum atomic E-state index is 13.0. The Bertz CT molecular complexity index is 362. The smallest absolute Gasteiger partial charge is 0.337 e. The second-order valence-electron chi connectivity index (χ2n) is 3.36. The minimum atomic E-state index is -1.42. The molecule has 4 nitrogen and oxygen atoms in total. The number of rotatable bonds is 5. The van der Waals surface area contributed by atoms with Crippen molar-refractivity contribution in [1.82, 2.24) is 0 Å². The average molecular weight is 242 g/mol. The summed E-state index contributed by atoms with van der Waals surface area (Å²) in [5, 5.41) is 0. The van der Waals surface area contributed by atoms with Gasteiger partial charge in [0, 0.05) is 19.8 Å². The van der Waals surface area contributed by atoms with Crippen LogP contribution in [0.5, 0.6) is 0 Å². The number of carbonyl (C=O) groups excluding carboxylic acids is 1. The zero-order valence-corrected chi connectivity index (χ0v) is 10.0. The van der Waals surface area contributed by atoms with E-state index in [1.165, 1.54) is 33.5 Å². The summed E-state index contributed by atoms with van der Waals surface area (Å²) < 4.78 is 27.6. The molecule has 94 valence electrons. The molecular formula is C12H15FO4. The van der Waals surface area contributed by atoms with E-state index in [1.807, 2.05) is 0 Å². The third kappa shape index (κ3) is 2.62. The van der Waals surface area contributed by atoms with Crippen LogP contribution in [-0.4, -0.2) is 34.0 Å². The molecule has 0 radical (unpaired) electrons. The van der Waals surface area contributed by atoms with Crippen LogP contribution in [0.15, 0.2) is 24.3 Å². The van der Waals surface area contributed by atoms with Gasteiger partial charge in [-0.1, -0.05) is 12.1 Å². The zero-order chi connectivity index (χ0) is 12.9. The quantitative estimate of drug-likeness (QED) is 0.584. The van der Waals surface area contributed by atoms with Crippen molar-refractivity contribution < 1.29 is 23.4 Å². The Kier molecular flexibility index (Phi) is 4.60. The van der Waals surface area contributed by atoms with Gasteiger partial charge in [-0.25, -0.2) is 9.18 Å². The van der Waals surface area contributed by atoms with Crippen LogP contribution >= 0.6 is 0 Å². The summed E-state index contributed by atoms with van der Waals surface area (Å²) in [6.07, 6.45) is 0. The maximum Gasteiger partial charge on any atom is 0.337 e. The predicted octanol–water partition coefficient (Wildman–Crippen LogP) is 1.89. The van der Waals surface area contributed by atoms with Crippen LogP contribution in [0.3, 0.4) is 0 Å². The lowest BCUT2D eigenvalue weighted by Gasteiger charge is -2.28. The van der Waals surface area contributed by atoms with Crippen molar-refractivity contribution in [3.8, 4) is 0 Å². The Labute approximate surface area is 99.3 Å². The molecule has 0 aliphatic carbocycles. The monoisotopic (exact) mass is 242 g/mol. The fraction of sp³-hybridized carbons (Fsp3) is 0.417. The van der Waals surface area contributed by atoms with E-state index in [-0.39, 0.29) is 0 Å². The minimum Gasteiger partial charge on any atom is -0.465 e. The molecule has 0 heterocycles. The van der Waals surface area contributed by atoms with Crippen molar-refractivity contribution in [3.05, 3.63) is 35.4 Å². The number of esters is 1. The summed E-state index contributed by atoms with van der Waals surface area (Å²) >= 11 is 0. The standard InChI is InChI=1S/C12H15FO4/c1-15-11(14)9-4-6-10(7-5-9)12(8-13,16-2)17-3/h4-7H,8H2,1-3H3. The summed E-state index contributed by atoms with van der Waals surface area (Å²) in [4.78, 5) is 11.2. The molecule has 0 amide bonds. The van der Waals surface area contributed by atoms with Crippen LogP contribution < -0.4 is 0 Å². The fourth-order valence-corrected chi connectivity index (χ4v) is 1.48. The summed E-state index contributed by atoms with van der Waals surface area (Å²) in [7, 11) is 4.01. The van der Waals surface area contributed by atoms with Crippen molar-refractivity contribution in [2.45, 2.75) is 5.79 Å². The first-order valence-corrected chi connectivity index (χ1v) is 4.98. The van der Waals surface area contributed by atoms with Crippen LogP contribution in [0.1, 0.15) is 15.9 Å². The van der Waals surface area contributed by atoms with Gasteiger partial charge in [0.05, 0.1) is 12.7 Å². The highest BCUT2D eigenvalue weighted by molar-refractivity contribution is 5.89. The lowest BCUT2D eigenvalue weighted by atomic mass is 10.0. The molecule has 0 saturated heterocycles. The summed E-state index contributed by atoms with van der Waals surface area (Å²) in [5.74, 6) is -1.87. The molecule has 0 aromatic heterocycles. The van der Waals surface area contributed by atoms with Gasteiger partial charge >= 0.3 is 5.97 Å². The van der Waals surface area contributed by atoms with Crippen LogP contribution in [0.25, 0.3) is 0 Å². The fourth-order valence-electron chi connectivity index (χ4n) is 1.48. The molecule has 0 spiro atoms. The van der Waals surface area contributed by atoms with E-state index in [2.05, 4.69) is 4.74 Å². The van der Waals surface area contributed by atoms with Crippen molar-refractivity contribution in [2.75, 3.05) is 28.0 Å². The maximum absolute atomic E-state index is 13.0. The lowest BCUT2D eigenvalue weighted by Crippen LogP contribution is -2.33. The molecule has 0 fully saturated rings. The number of methoxy groups -OCH3 is 3. The van der Waals surface area contributed by atoms with Gasteiger partial charge in [-0.3, -0.25) is 0 Å². The van der Waals surface area contributed by atoms with Crippen molar-refractivity contribution in [1.29, 1.82) is 0 Å².